The van der Waals surface area contributed by atoms with Crippen LogP contribution >= 0.6 is 0 Å². The first kappa shape index (κ1) is 79.6. The first-order valence-corrected chi connectivity index (χ1v) is 45.6. The van der Waals surface area contributed by atoms with Crippen molar-refractivity contribution in [1.82, 2.24) is 49.0 Å². The number of hydrogen-bond acceptors (Lipinski definition) is 10. The maximum absolute atomic E-state index is 6.82. The Kier molecular flexibility index (Phi) is 20.0. The van der Waals surface area contributed by atoms with E-state index >= 15 is 0 Å². The van der Waals surface area contributed by atoms with Gasteiger partial charge in [-0.25, -0.2) is 29.9 Å². The van der Waals surface area contributed by atoms with E-state index in [4.69, 9.17) is 48.7 Å². The molecule has 0 N–H and O–H groups in total. The van der Waals surface area contributed by atoms with Crippen molar-refractivity contribution in [3.63, 3.8) is 0 Å². The third kappa shape index (κ3) is 14.6. The van der Waals surface area contributed by atoms with Gasteiger partial charge in [0.15, 0.2) is 34.9 Å². The summed E-state index contributed by atoms with van der Waals surface area (Å²) in [6, 6.07) is 160. The van der Waals surface area contributed by atoms with Crippen molar-refractivity contribution in [2.45, 2.75) is 0 Å². The molecule has 0 unspecified atom stereocenters. The molecule has 12 nitrogen and oxygen atoms in total. The molecule has 0 saturated heterocycles. The van der Waals surface area contributed by atoms with Crippen LogP contribution in [0.4, 0.5) is 0 Å². The second-order valence-corrected chi connectivity index (χ2v) is 34.0. The van der Waals surface area contributed by atoms with Crippen molar-refractivity contribution in [1.29, 1.82) is 0 Å². The van der Waals surface area contributed by atoms with Gasteiger partial charge >= 0.3 is 0 Å². The first-order valence-electron chi connectivity index (χ1n) is 45.6. The van der Waals surface area contributed by atoms with E-state index in [1.807, 2.05) is 140 Å². The molecular weight excluding hydrogens is 1660 g/mol. The molecule has 26 aromatic rings. The summed E-state index contributed by atoms with van der Waals surface area (Å²) >= 11 is 0. The molecule has 8 heterocycles. The van der Waals surface area contributed by atoms with E-state index in [1.54, 1.807) is 0 Å². The molecule has 0 aliphatic heterocycles. The lowest BCUT2D eigenvalue weighted by Gasteiger charge is -2.16. The van der Waals surface area contributed by atoms with Crippen molar-refractivity contribution < 1.29 is 8.83 Å². The fourth-order valence-corrected chi connectivity index (χ4v) is 19.3. The minimum atomic E-state index is 0.517. The Labute approximate surface area is 782 Å². The van der Waals surface area contributed by atoms with Gasteiger partial charge < -0.3 is 18.0 Å². The lowest BCUT2D eigenvalue weighted by atomic mass is 9.90. The number of fused-ring (bicyclic) bond motifs is 12. The highest BCUT2D eigenvalue weighted by Gasteiger charge is 2.27. The summed E-state index contributed by atoms with van der Waals surface area (Å²) in [5.74, 6) is 3.35. The summed E-state index contributed by atoms with van der Waals surface area (Å²) in [7, 11) is 0. The van der Waals surface area contributed by atoms with E-state index in [1.165, 1.54) is 10.8 Å². The third-order valence-electron chi connectivity index (χ3n) is 25.8. The zero-order chi connectivity index (χ0) is 89.9. The summed E-state index contributed by atoms with van der Waals surface area (Å²) in [4.78, 5) is 42.0. The Morgan fingerprint density at radius 2 is 0.456 bits per heavy atom. The fraction of sp³-hybridized carbons (Fsp3) is 0. The number of benzene rings is 18. The van der Waals surface area contributed by atoms with Gasteiger partial charge in [0.2, 0.25) is 0 Å². The highest BCUT2D eigenvalue weighted by atomic mass is 16.3. The molecule has 26 rings (SSSR count). The smallest absolute Gasteiger partial charge is 0.166 e. The summed E-state index contributed by atoms with van der Waals surface area (Å²) in [5.41, 5.74) is 31.3. The van der Waals surface area contributed by atoms with Crippen molar-refractivity contribution in [3.8, 4) is 169 Å². The molecule has 0 fully saturated rings. The van der Waals surface area contributed by atoms with Crippen molar-refractivity contribution in [2.75, 3.05) is 0 Å². The lowest BCUT2D eigenvalue weighted by Crippen LogP contribution is -2.02. The quantitative estimate of drug-likeness (QED) is 0.0918. The van der Waals surface area contributed by atoms with Crippen molar-refractivity contribution >= 4 is 87.5 Å². The highest BCUT2D eigenvalue weighted by molar-refractivity contribution is 6.19. The molecule has 0 amide bonds. The standard InChI is InChI=1S/2C62H39N5O/c1-6-18-40(19-7-1)44-30-32-48(41-20-8-2-9-21-41)51(34-44)46-35-54(62-65-60(42-22-10-3-11-23-42)64-61(66-62)43-24-12-4-13-25-43)59(63-39-46)45-31-33-50-53-37-56-52(38-58(53)68-57(50)36-45)49-28-16-17-29-55(49)67(56)47-26-14-5-15-27-47;1-6-18-40(19-7-1)44-30-32-48(41-20-8-2-9-21-41)50(34-44)46-36-54(62-65-60(42-22-10-3-11-23-42)64-61(66-62)43-24-12-4-13-25-43)59(63-39-46)45-31-33-57-52(35-45)53-37-56-51(38-58(53)68-57)49-28-16-17-29-55(49)67(56)47-26-14-5-15-27-47/h2*1-39H. The molecule has 18 aromatic carbocycles. The van der Waals surface area contributed by atoms with E-state index in [0.717, 1.165) is 211 Å². The van der Waals surface area contributed by atoms with E-state index in [2.05, 4.69) is 343 Å². The SMILES string of the molecule is c1ccc(-c2ccc(-c3ccccc3)c(-c3cnc(-c4ccc5c(c4)oc4cc6c7ccccc7n(-c7ccccc7)c6cc45)c(-c4nc(-c5ccccc5)nc(-c5ccccc5)n4)c3)c2)cc1.c1ccc(-c2ccc(-c3ccccc3)c(-c3cnc(-c4ccc5oc6cc7c8ccccc8n(-c8ccccc8)c7cc6c5c4)c(-c4nc(-c5ccccc5)nc(-c5ccccc5)n4)c3)c2)cc1. The van der Waals surface area contributed by atoms with Gasteiger partial charge in [-0.05, 0) is 171 Å². The van der Waals surface area contributed by atoms with Gasteiger partial charge in [-0.2, -0.15) is 0 Å². The van der Waals surface area contributed by atoms with E-state index < -0.39 is 0 Å². The van der Waals surface area contributed by atoms with E-state index in [0.29, 0.717) is 34.9 Å². The highest BCUT2D eigenvalue weighted by Crippen LogP contribution is 2.48. The topological polar surface area (TPSA) is 139 Å². The molecule has 636 valence electrons. The number of furan rings is 2. The largest absolute Gasteiger partial charge is 0.456 e. The lowest BCUT2D eigenvalue weighted by molar-refractivity contribution is 0.669. The molecule has 0 aliphatic rings. The average molecular weight is 1740 g/mol. The normalized spacial score (nSPS) is 11.5. The molecule has 12 heteroatoms. The Morgan fingerprint density at radius 3 is 0.860 bits per heavy atom. The molecule has 0 spiro atoms. The minimum absolute atomic E-state index is 0.517. The van der Waals surface area contributed by atoms with Gasteiger partial charge in [0.1, 0.15) is 22.3 Å². The molecule has 136 heavy (non-hydrogen) atoms. The zero-order valence-electron chi connectivity index (χ0n) is 73.3. The van der Waals surface area contributed by atoms with Crippen LogP contribution in [0.25, 0.3) is 256 Å². The van der Waals surface area contributed by atoms with Crippen molar-refractivity contribution in [2.24, 2.45) is 0 Å². The number of hydrogen-bond donors (Lipinski definition) is 0. The Balaban J connectivity index is 0.000000145. The molecule has 0 aliphatic carbocycles. The summed E-state index contributed by atoms with van der Waals surface area (Å²) in [6.45, 7) is 0. The van der Waals surface area contributed by atoms with Gasteiger partial charge in [0.05, 0.1) is 33.5 Å². The number of pyridine rings is 2. The van der Waals surface area contributed by atoms with E-state index in [-0.39, 0.29) is 0 Å². The van der Waals surface area contributed by atoms with Gasteiger partial charge in [-0.3, -0.25) is 9.97 Å². The maximum atomic E-state index is 6.82. The molecule has 0 saturated carbocycles. The summed E-state index contributed by atoms with van der Waals surface area (Å²) < 4.78 is 18.2. The predicted molar refractivity (Wildman–Crippen MR) is 555 cm³/mol. The number of rotatable bonds is 16. The van der Waals surface area contributed by atoms with Crippen LogP contribution in [-0.2, 0) is 0 Å². The van der Waals surface area contributed by atoms with Crippen LogP contribution in [0.3, 0.4) is 0 Å². The van der Waals surface area contributed by atoms with Crippen LogP contribution in [0, 0.1) is 0 Å². The van der Waals surface area contributed by atoms with Gasteiger partial charge in [-0.1, -0.05) is 346 Å². The second-order valence-electron chi connectivity index (χ2n) is 34.0. The molecule has 8 aromatic heterocycles. The second kappa shape index (κ2) is 34.1. The molecule has 0 atom stereocenters. The van der Waals surface area contributed by atoms with Gasteiger partial charge in [0, 0.05) is 122 Å². The average Bonchev–Trinajstić information content (AvgIpc) is 1.56. The maximum Gasteiger partial charge on any atom is 0.166 e. The van der Waals surface area contributed by atoms with Gasteiger partial charge in [-0.15, -0.1) is 0 Å². The zero-order valence-corrected chi connectivity index (χ0v) is 73.3. The van der Waals surface area contributed by atoms with Crippen LogP contribution in [0.2, 0.25) is 0 Å². The van der Waals surface area contributed by atoms with Crippen molar-refractivity contribution in [3.05, 3.63) is 473 Å². The number of aromatic nitrogens is 10. The number of para-hydroxylation sites is 4. The third-order valence-corrected chi connectivity index (χ3v) is 25.8. The van der Waals surface area contributed by atoms with Crippen LogP contribution < -0.4 is 0 Å². The monoisotopic (exact) mass is 1740 g/mol. The summed E-state index contributed by atoms with van der Waals surface area (Å²) in [5, 5.41) is 8.72. The minimum Gasteiger partial charge on any atom is -0.456 e. The van der Waals surface area contributed by atoms with Gasteiger partial charge in [0.25, 0.3) is 0 Å². The predicted octanol–water partition coefficient (Wildman–Crippen LogP) is 31.9. The van der Waals surface area contributed by atoms with Crippen LogP contribution in [-0.4, -0.2) is 49.0 Å². The Morgan fingerprint density at radius 1 is 0.154 bits per heavy atom. The molecule has 0 bridgehead atoms. The first-order chi connectivity index (χ1) is 67.4. The molecule has 0 radical (unpaired) electrons. The summed E-state index contributed by atoms with van der Waals surface area (Å²) in [6.07, 6.45) is 3.97. The van der Waals surface area contributed by atoms with Crippen LogP contribution in [0.1, 0.15) is 0 Å². The number of nitrogens with zero attached hydrogens (tertiary/aromatic N) is 10. The Hall–Kier alpha value is -18.5. The van der Waals surface area contributed by atoms with Crippen LogP contribution in [0.15, 0.2) is 482 Å². The molecular formula is C124H78N10O2. The fourth-order valence-electron chi connectivity index (χ4n) is 19.3. The van der Waals surface area contributed by atoms with E-state index in [9.17, 15) is 0 Å². The van der Waals surface area contributed by atoms with Crippen LogP contribution in [0.5, 0.6) is 0 Å². The Bertz CT molecular complexity index is 8920.